The minimum Gasteiger partial charge on any atom is -0.352 e. The van der Waals surface area contributed by atoms with E-state index in [1.165, 1.54) is 5.56 Å². The number of anilines is 2. The summed E-state index contributed by atoms with van der Waals surface area (Å²) in [5, 5.41) is 6.17. The molecule has 4 heteroatoms. The number of pyridine rings is 1. The molecular formula is C20H27N3O. The number of nitrogens with zero attached hydrogens (tertiary/aromatic N) is 1. The van der Waals surface area contributed by atoms with Crippen LogP contribution in [0.25, 0.3) is 0 Å². The summed E-state index contributed by atoms with van der Waals surface area (Å²) < 4.78 is 0. The number of hydrogen-bond donors (Lipinski definition) is 2. The first-order chi connectivity index (χ1) is 11.6. The Kier molecular flexibility index (Phi) is 6.79. The van der Waals surface area contributed by atoms with E-state index >= 15 is 0 Å². The Morgan fingerprint density at radius 2 is 1.83 bits per heavy atom. The average molecular weight is 325 g/mol. The molecule has 4 nitrogen and oxygen atoms in total. The average Bonchev–Trinajstić information content (AvgIpc) is 2.59. The number of amides is 1. The lowest BCUT2D eigenvalue weighted by Crippen LogP contribution is -2.24. The Labute approximate surface area is 144 Å². The fourth-order valence-electron chi connectivity index (χ4n) is 2.38. The molecule has 0 aliphatic carbocycles. The normalized spacial score (nSPS) is 10.7. The molecule has 0 fully saturated rings. The highest BCUT2D eigenvalue weighted by molar-refractivity contribution is 5.94. The Morgan fingerprint density at radius 3 is 2.42 bits per heavy atom. The Bertz CT molecular complexity index is 633. The van der Waals surface area contributed by atoms with Gasteiger partial charge in [-0.1, -0.05) is 45.7 Å². The van der Waals surface area contributed by atoms with E-state index in [2.05, 4.69) is 48.5 Å². The summed E-state index contributed by atoms with van der Waals surface area (Å²) in [6, 6.07) is 12.0. The summed E-state index contributed by atoms with van der Waals surface area (Å²) in [6.07, 6.45) is 4.91. The van der Waals surface area contributed by atoms with Crippen LogP contribution >= 0.6 is 0 Å². The van der Waals surface area contributed by atoms with Gasteiger partial charge in [0.05, 0.1) is 5.56 Å². The topological polar surface area (TPSA) is 54.0 Å². The Morgan fingerprint density at radius 1 is 1.08 bits per heavy atom. The van der Waals surface area contributed by atoms with Gasteiger partial charge in [-0.05, 0) is 42.2 Å². The van der Waals surface area contributed by atoms with Crippen LogP contribution in [0, 0.1) is 0 Å². The van der Waals surface area contributed by atoms with Gasteiger partial charge in [0.1, 0.15) is 5.82 Å². The number of aromatic nitrogens is 1. The zero-order valence-corrected chi connectivity index (χ0v) is 14.8. The monoisotopic (exact) mass is 325 g/mol. The van der Waals surface area contributed by atoms with E-state index < -0.39 is 0 Å². The second kappa shape index (κ2) is 9.06. The molecule has 1 aromatic carbocycles. The standard InChI is InChI=1S/C20H27N3O/c1-4-5-6-13-21-20(24)17-9-12-19(22-14-17)23-18-10-7-16(8-11-18)15(2)3/h7-12,14-15H,4-6,13H2,1-3H3,(H,21,24)(H,22,23). The molecule has 0 aliphatic rings. The van der Waals surface area contributed by atoms with E-state index in [-0.39, 0.29) is 5.91 Å². The van der Waals surface area contributed by atoms with Gasteiger partial charge in [0, 0.05) is 18.4 Å². The summed E-state index contributed by atoms with van der Waals surface area (Å²) in [5.41, 5.74) is 2.89. The molecule has 1 aromatic heterocycles. The van der Waals surface area contributed by atoms with E-state index in [1.54, 1.807) is 12.3 Å². The summed E-state index contributed by atoms with van der Waals surface area (Å²) in [7, 11) is 0. The van der Waals surface area contributed by atoms with Crippen LogP contribution in [0.15, 0.2) is 42.6 Å². The number of nitrogens with one attached hydrogen (secondary N) is 2. The summed E-state index contributed by atoms with van der Waals surface area (Å²) >= 11 is 0. The van der Waals surface area contributed by atoms with Crippen LogP contribution in [-0.2, 0) is 0 Å². The van der Waals surface area contributed by atoms with E-state index in [1.807, 2.05) is 18.2 Å². The maximum atomic E-state index is 12.0. The molecule has 0 saturated carbocycles. The molecule has 0 radical (unpaired) electrons. The fourth-order valence-corrected chi connectivity index (χ4v) is 2.38. The number of benzene rings is 1. The summed E-state index contributed by atoms with van der Waals surface area (Å²) in [4.78, 5) is 16.3. The molecule has 2 aromatic rings. The molecule has 24 heavy (non-hydrogen) atoms. The van der Waals surface area contributed by atoms with Crippen molar-refractivity contribution in [2.45, 2.75) is 46.0 Å². The first-order valence-corrected chi connectivity index (χ1v) is 8.71. The molecule has 0 aliphatic heterocycles. The Balaban J connectivity index is 1.90. The van der Waals surface area contributed by atoms with Gasteiger partial charge >= 0.3 is 0 Å². The van der Waals surface area contributed by atoms with Gasteiger partial charge in [-0.15, -0.1) is 0 Å². The van der Waals surface area contributed by atoms with Gasteiger partial charge in [-0.25, -0.2) is 4.98 Å². The third-order valence-corrected chi connectivity index (χ3v) is 3.94. The number of carbonyl (C=O) groups is 1. The van der Waals surface area contributed by atoms with E-state index in [4.69, 9.17) is 0 Å². The first kappa shape index (κ1) is 18.0. The molecule has 0 bridgehead atoms. The second-order valence-electron chi connectivity index (χ2n) is 6.30. The molecule has 1 amide bonds. The largest absolute Gasteiger partial charge is 0.352 e. The van der Waals surface area contributed by atoms with Crippen molar-refractivity contribution in [3.8, 4) is 0 Å². The lowest BCUT2D eigenvalue weighted by atomic mass is 10.0. The molecule has 0 unspecified atom stereocenters. The zero-order valence-electron chi connectivity index (χ0n) is 14.8. The lowest BCUT2D eigenvalue weighted by Gasteiger charge is -2.09. The minimum atomic E-state index is -0.0635. The summed E-state index contributed by atoms with van der Waals surface area (Å²) in [6.45, 7) is 7.22. The second-order valence-corrected chi connectivity index (χ2v) is 6.30. The van der Waals surface area contributed by atoms with Crippen LogP contribution in [0.3, 0.4) is 0 Å². The SMILES string of the molecule is CCCCCNC(=O)c1ccc(Nc2ccc(C(C)C)cc2)nc1. The maximum Gasteiger partial charge on any atom is 0.252 e. The van der Waals surface area contributed by atoms with Crippen LogP contribution in [0.4, 0.5) is 11.5 Å². The smallest absolute Gasteiger partial charge is 0.252 e. The molecule has 1 heterocycles. The van der Waals surface area contributed by atoms with Gasteiger partial charge in [-0.3, -0.25) is 4.79 Å². The van der Waals surface area contributed by atoms with Crippen LogP contribution in [0.5, 0.6) is 0 Å². The molecule has 0 spiro atoms. The molecule has 2 N–H and O–H groups in total. The minimum absolute atomic E-state index is 0.0635. The van der Waals surface area contributed by atoms with Crippen molar-refractivity contribution >= 4 is 17.4 Å². The van der Waals surface area contributed by atoms with Gasteiger partial charge in [0.15, 0.2) is 0 Å². The van der Waals surface area contributed by atoms with Crippen LogP contribution in [-0.4, -0.2) is 17.4 Å². The van der Waals surface area contributed by atoms with Crippen molar-refractivity contribution in [1.29, 1.82) is 0 Å². The van der Waals surface area contributed by atoms with Crippen molar-refractivity contribution in [2.75, 3.05) is 11.9 Å². The molecule has 128 valence electrons. The third kappa shape index (κ3) is 5.37. The van der Waals surface area contributed by atoms with Crippen molar-refractivity contribution in [3.63, 3.8) is 0 Å². The highest BCUT2D eigenvalue weighted by Gasteiger charge is 2.06. The number of hydrogen-bond acceptors (Lipinski definition) is 3. The van der Waals surface area contributed by atoms with Crippen molar-refractivity contribution in [2.24, 2.45) is 0 Å². The van der Waals surface area contributed by atoms with Gasteiger partial charge in [0.25, 0.3) is 5.91 Å². The van der Waals surface area contributed by atoms with Gasteiger partial charge < -0.3 is 10.6 Å². The highest BCUT2D eigenvalue weighted by Crippen LogP contribution is 2.19. The quantitative estimate of drug-likeness (QED) is 0.681. The molecule has 0 saturated heterocycles. The van der Waals surface area contributed by atoms with Crippen molar-refractivity contribution in [1.82, 2.24) is 10.3 Å². The number of unbranched alkanes of at least 4 members (excludes halogenated alkanes) is 2. The van der Waals surface area contributed by atoms with Crippen LogP contribution in [0.1, 0.15) is 61.9 Å². The molecule has 0 atom stereocenters. The van der Waals surface area contributed by atoms with E-state index in [9.17, 15) is 4.79 Å². The van der Waals surface area contributed by atoms with Crippen molar-refractivity contribution in [3.05, 3.63) is 53.7 Å². The summed E-state index contributed by atoms with van der Waals surface area (Å²) in [5.74, 6) is 1.19. The predicted molar refractivity (Wildman–Crippen MR) is 99.9 cm³/mol. The van der Waals surface area contributed by atoms with Crippen LogP contribution < -0.4 is 10.6 Å². The molecule has 2 rings (SSSR count). The lowest BCUT2D eigenvalue weighted by molar-refractivity contribution is 0.0952. The molecular weight excluding hydrogens is 298 g/mol. The third-order valence-electron chi connectivity index (χ3n) is 3.94. The van der Waals surface area contributed by atoms with Crippen molar-refractivity contribution < 1.29 is 4.79 Å². The van der Waals surface area contributed by atoms with E-state index in [0.29, 0.717) is 11.5 Å². The first-order valence-electron chi connectivity index (χ1n) is 8.71. The van der Waals surface area contributed by atoms with Crippen LogP contribution in [0.2, 0.25) is 0 Å². The maximum absolute atomic E-state index is 12.0. The fraction of sp³-hybridized carbons (Fsp3) is 0.400. The number of rotatable bonds is 8. The Hall–Kier alpha value is -2.36. The van der Waals surface area contributed by atoms with Gasteiger partial charge in [-0.2, -0.15) is 0 Å². The van der Waals surface area contributed by atoms with Gasteiger partial charge in [0.2, 0.25) is 0 Å². The van der Waals surface area contributed by atoms with E-state index in [0.717, 1.165) is 37.3 Å². The predicted octanol–water partition coefficient (Wildman–Crippen LogP) is 4.87. The highest BCUT2D eigenvalue weighted by atomic mass is 16.1. The zero-order chi connectivity index (χ0) is 17.4. The number of carbonyl (C=O) groups excluding carboxylic acids is 1.